The summed E-state index contributed by atoms with van der Waals surface area (Å²) in [6.45, 7) is 1.04. The van der Waals surface area contributed by atoms with E-state index in [1.165, 1.54) is 16.5 Å². The maximum absolute atomic E-state index is 10.7. The Bertz CT molecular complexity index is 339. The van der Waals surface area contributed by atoms with Crippen LogP contribution < -0.4 is 0 Å². The van der Waals surface area contributed by atoms with Crippen LogP contribution in [0.1, 0.15) is 6.42 Å². The van der Waals surface area contributed by atoms with Gasteiger partial charge in [0.05, 0.1) is 0 Å². The SMILES string of the molecule is CSC1=NCCCS1.O=S(=O)(O)C(F)(F)F. The highest BCUT2D eigenvalue weighted by molar-refractivity contribution is 8.38. The molecule has 0 saturated carbocycles. The van der Waals surface area contributed by atoms with Crippen molar-refractivity contribution in [2.75, 3.05) is 18.6 Å². The van der Waals surface area contributed by atoms with E-state index in [-0.39, 0.29) is 0 Å². The zero-order chi connectivity index (χ0) is 12.8. The number of halogens is 3. The van der Waals surface area contributed by atoms with Crippen molar-refractivity contribution in [3.63, 3.8) is 0 Å². The Morgan fingerprint density at radius 2 is 2.00 bits per heavy atom. The summed E-state index contributed by atoms with van der Waals surface area (Å²) in [5.41, 5.74) is -5.53. The van der Waals surface area contributed by atoms with E-state index in [1.54, 1.807) is 11.8 Å². The van der Waals surface area contributed by atoms with Gasteiger partial charge < -0.3 is 0 Å². The van der Waals surface area contributed by atoms with Crippen LogP contribution in [0.4, 0.5) is 13.2 Å². The van der Waals surface area contributed by atoms with Crippen molar-refractivity contribution < 1.29 is 26.1 Å². The minimum Gasteiger partial charge on any atom is -0.279 e. The molecule has 0 aromatic carbocycles. The van der Waals surface area contributed by atoms with Crippen LogP contribution in [0.5, 0.6) is 0 Å². The lowest BCUT2D eigenvalue weighted by atomic mass is 10.5. The van der Waals surface area contributed by atoms with Crippen LogP contribution in [0, 0.1) is 0 Å². The van der Waals surface area contributed by atoms with Crippen LogP contribution in [-0.2, 0) is 10.1 Å². The van der Waals surface area contributed by atoms with Crippen molar-refractivity contribution in [3.05, 3.63) is 0 Å². The van der Waals surface area contributed by atoms with Gasteiger partial charge in [0.25, 0.3) is 0 Å². The molecule has 0 aromatic rings. The van der Waals surface area contributed by atoms with Crippen molar-refractivity contribution in [2.24, 2.45) is 4.99 Å². The third-order valence-electron chi connectivity index (χ3n) is 1.24. The van der Waals surface area contributed by atoms with Gasteiger partial charge >= 0.3 is 15.6 Å². The topological polar surface area (TPSA) is 66.7 Å². The lowest BCUT2D eigenvalue weighted by molar-refractivity contribution is -0.0510. The van der Waals surface area contributed by atoms with Gasteiger partial charge in [-0.15, -0.1) is 11.8 Å². The summed E-state index contributed by atoms with van der Waals surface area (Å²) in [4.78, 5) is 4.29. The number of alkyl halides is 3. The number of nitrogens with zero attached hydrogens (tertiary/aromatic N) is 1. The first-order valence-corrected chi connectivity index (χ1v) is 7.58. The van der Waals surface area contributed by atoms with Crippen molar-refractivity contribution >= 4 is 38.0 Å². The van der Waals surface area contributed by atoms with Crippen LogP contribution in [-0.4, -0.2) is 41.4 Å². The van der Waals surface area contributed by atoms with E-state index >= 15 is 0 Å². The molecule has 0 atom stereocenters. The molecule has 0 saturated heterocycles. The first-order valence-electron chi connectivity index (χ1n) is 3.93. The molecule has 0 aliphatic carbocycles. The summed E-state index contributed by atoms with van der Waals surface area (Å²) < 4.78 is 58.8. The number of rotatable bonds is 0. The molecule has 1 aliphatic heterocycles. The first-order chi connectivity index (χ1) is 7.18. The average molecular weight is 297 g/mol. The lowest BCUT2D eigenvalue weighted by Gasteiger charge is -2.06. The van der Waals surface area contributed by atoms with E-state index in [9.17, 15) is 13.2 Å². The van der Waals surface area contributed by atoms with Crippen molar-refractivity contribution in [1.82, 2.24) is 0 Å². The fourth-order valence-corrected chi connectivity index (χ4v) is 2.14. The lowest BCUT2D eigenvalue weighted by Crippen LogP contribution is -2.21. The highest BCUT2D eigenvalue weighted by atomic mass is 32.2. The fourth-order valence-electron chi connectivity index (χ4n) is 0.563. The van der Waals surface area contributed by atoms with Gasteiger partial charge in [-0.25, -0.2) is 0 Å². The van der Waals surface area contributed by atoms with Gasteiger partial charge in [-0.3, -0.25) is 9.55 Å². The monoisotopic (exact) mass is 297 g/mol. The summed E-state index contributed by atoms with van der Waals surface area (Å²) in [7, 11) is -5.84. The largest absolute Gasteiger partial charge is 0.522 e. The number of hydrogen-bond acceptors (Lipinski definition) is 5. The van der Waals surface area contributed by atoms with Gasteiger partial charge in [0.2, 0.25) is 0 Å². The number of thioether (sulfide) groups is 2. The minimum atomic E-state index is -5.84. The summed E-state index contributed by atoms with van der Waals surface area (Å²) in [6.07, 6.45) is 3.34. The molecular weight excluding hydrogens is 287 g/mol. The highest BCUT2D eigenvalue weighted by Crippen LogP contribution is 2.20. The van der Waals surface area contributed by atoms with E-state index in [2.05, 4.69) is 11.2 Å². The predicted molar refractivity (Wildman–Crippen MR) is 60.5 cm³/mol. The van der Waals surface area contributed by atoms with Crippen molar-refractivity contribution in [2.45, 2.75) is 11.9 Å². The van der Waals surface area contributed by atoms with Crippen LogP contribution >= 0.6 is 23.5 Å². The Labute approximate surface area is 99.8 Å². The van der Waals surface area contributed by atoms with Crippen LogP contribution in [0.2, 0.25) is 0 Å². The van der Waals surface area contributed by atoms with Crippen LogP contribution in [0.15, 0.2) is 4.99 Å². The Hall–Kier alpha value is 0.0700. The first kappa shape index (κ1) is 16.1. The van der Waals surface area contributed by atoms with Crippen LogP contribution in [0.25, 0.3) is 0 Å². The van der Waals surface area contributed by atoms with Gasteiger partial charge in [-0.05, 0) is 12.7 Å². The smallest absolute Gasteiger partial charge is 0.279 e. The Balaban J connectivity index is 0.000000281. The van der Waals surface area contributed by atoms with Gasteiger partial charge in [-0.2, -0.15) is 21.6 Å². The third-order valence-corrected chi connectivity index (χ3v) is 4.02. The molecule has 16 heavy (non-hydrogen) atoms. The van der Waals surface area contributed by atoms with Crippen molar-refractivity contribution in [3.8, 4) is 0 Å². The molecule has 0 spiro atoms. The second-order valence-electron chi connectivity index (χ2n) is 2.47. The molecule has 10 heteroatoms. The molecule has 0 fully saturated rings. The normalized spacial score (nSPS) is 17.2. The summed E-state index contributed by atoms with van der Waals surface area (Å²) >= 11 is 3.63. The molecule has 0 radical (unpaired) electrons. The standard InChI is InChI=1S/C5H9NS2.CHF3O3S/c1-7-5-6-3-2-4-8-5;2-1(3,4)8(5,6)7/h2-4H2,1H3;(H,5,6,7). The van der Waals surface area contributed by atoms with Gasteiger partial charge in [0.1, 0.15) is 4.38 Å². The Morgan fingerprint density at radius 3 is 2.19 bits per heavy atom. The maximum atomic E-state index is 10.7. The zero-order valence-electron chi connectivity index (χ0n) is 8.19. The van der Waals surface area contributed by atoms with E-state index in [0.717, 1.165) is 6.54 Å². The number of hydrogen-bond donors (Lipinski definition) is 1. The average Bonchev–Trinajstić information content (AvgIpc) is 2.17. The molecule has 1 rings (SSSR count). The Morgan fingerprint density at radius 1 is 1.50 bits per heavy atom. The molecule has 1 heterocycles. The van der Waals surface area contributed by atoms with Crippen LogP contribution in [0.3, 0.4) is 0 Å². The molecule has 1 aliphatic rings. The number of aliphatic imine (C=N–C) groups is 1. The highest BCUT2D eigenvalue weighted by Gasteiger charge is 2.44. The van der Waals surface area contributed by atoms with Gasteiger partial charge in [0, 0.05) is 12.3 Å². The second-order valence-corrected chi connectivity index (χ2v) is 6.02. The van der Waals surface area contributed by atoms with Gasteiger partial charge in [0.15, 0.2) is 0 Å². The molecule has 0 bridgehead atoms. The second kappa shape index (κ2) is 6.72. The predicted octanol–water partition coefficient (Wildman–Crippen LogP) is 2.24. The molecule has 4 nitrogen and oxygen atoms in total. The van der Waals surface area contributed by atoms with Crippen molar-refractivity contribution in [1.29, 1.82) is 0 Å². The minimum absolute atomic E-state index is 1.04. The third kappa shape index (κ3) is 6.61. The van der Waals surface area contributed by atoms with Gasteiger partial charge in [-0.1, -0.05) is 11.8 Å². The van der Waals surface area contributed by atoms with E-state index in [0.29, 0.717) is 0 Å². The molecule has 0 unspecified atom stereocenters. The Kier molecular flexibility index (Phi) is 6.75. The summed E-state index contributed by atoms with van der Waals surface area (Å²) in [5.74, 6) is 1.26. The molecule has 96 valence electrons. The molecule has 0 amide bonds. The fraction of sp³-hybridized carbons (Fsp3) is 0.833. The quantitative estimate of drug-likeness (QED) is 0.548. The van der Waals surface area contributed by atoms with E-state index < -0.39 is 15.6 Å². The molecule has 1 N–H and O–H groups in total. The summed E-state index contributed by atoms with van der Waals surface area (Å²) in [6, 6.07) is 0. The summed E-state index contributed by atoms with van der Waals surface area (Å²) in [5, 5.41) is 0. The molecular formula is C6H10F3NO3S3. The van der Waals surface area contributed by atoms with E-state index in [1.807, 2.05) is 11.8 Å². The maximum Gasteiger partial charge on any atom is 0.522 e. The molecule has 0 aromatic heterocycles. The van der Waals surface area contributed by atoms with E-state index in [4.69, 9.17) is 13.0 Å². The zero-order valence-corrected chi connectivity index (χ0v) is 10.6.